The third-order valence-corrected chi connectivity index (χ3v) is 7.22. The van der Waals surface area contributed by atoms with Crippen LogP contribution in [-0.2, 0) is 15.0 Å². The molecule has 3 atom stereocenters. The fourth-order valence-electron chi connectivity index (χ4n) is 5.34. The number of hydrogen-bond acceptors (Lipinski definition) is 2. The second-order valence-electron chi connectivity index (χ2n) is 8.69. The fourth-order valence-corrected chi connectivity index (χ4v) is 5.71. The first-order valence-electron chi connectivity index (χ1n) is 10.5. The van der Waals surface area contributed by atoms with Crippen LogP contribution in [0.25, 0.3) is 0 Å². The Morgan fingerprint density at radius 2 is 1.72 bits per heavy atom. The molecule has 4 nitrogen and oxygen atoms in total. The van der Waals surface area contributed by atoms with E-state index in [0.29, 0.717) is 15.7 Å². The molecule has 2 aliphatic heterocycles. The van der Waals surface area contributed by atoms with Gasteiger partial charge in [0.05, 0.1) is 6.04 Å². The third kappa shape index (κ3) is 3.13. The van der Waals surface area contributed by atoms with E-state index in [1.165, 1.54) is 0 Å². The Labute approximate surface area is 196 Å². The molecule has 3 aromatic rings. The topological polar surface area (TPSA) is 58.2 Å². The highest BCUT2D eigenvalue weighted by Crippen LogP contribution is 2.57. The summed E-state index contributed by atoms with van der Waals surface area (Å²) < 4.78 is 0. The molecule has 3 aromatic carbocycles. The molecule has 2 heterocycles. The van der Waals surface area contributed by atoms with E-state index >= 15 is 0 Å². The minimum atomic E-state index is -1.04. The number of amides is 2. The zero-order chi connectivity index (χ0) is 22.6. The number of hydrogen-bond donors (Lipinski definition) is 2. The summed E-state index contributed by atoms with van der Waals surface area (Å²) in [7, 11) is 0. The number of carbonyl (C=O) groups is 2. The average Bonchev–Trinajstić information content (AvgIpc) is 3.02. The van der Waals surface area contributed by atoms with Crippen molar-refractivity contribution in [2.24, 2.45) is 0 Å². The summed E-state index contributed by atoms with van der Waals surface area (Å²) in [5.74, 6) is -0.644. The van der Waals surface area contributed by atoms with Crippen molar-refractivity contribution in [3.63, 3.8) is 0 Å². The molecule has 0 aliphatic carbocycles. The lowest BCUT2D eigenvalue weighted by atomic mass is 9.59. The number of halogens is 2. The first-order valence-corrected chi connectivity index (χ1v) is 11.3. The molecule has 2 amide bonds. The summed E-state index contributed by atoms with van der Waals surface area (Å²) in [4.78, 5) is 27.0. The Bertz CT molecular complexity index is 1270. The van der Waals surface area contributed by atoms with Gasteiger partial charge in [0.15, 0.2) is 0 Å². The van der Waals surface area contributed by atoms with Crippen molar-refractivity contribution in [2.45, 2.75) is 37.6 Å². The molecule has 2 N–H and O–H groups in total. The Kier molecular flexibility index (Phi) is 5.03. The lowest BCUT2D eigenvalue weighted by Gasteiger charge is -2.47. The monoisotopic (exact) mass is 464 g/mol. The normalized spacial score (nSPS) is 24.2. The van der Waals surface area contributed by atoms with Crippen LogP contribution in [0.15, 0.2) is 60.7 Å². The van der Waals surface area contributed by atoms with E-state index in [1.54, 1.807) is 18.2 Å². The van der Waals surface area contributed by atoms with Crippen LogP contribution in [0.3, 0.4) is 0 Å². The molecular weight excluding hydrogens is 443 g/mol. The molecule has 0 unspecified atom stereocenters. The Balaban J connectivity index is 1.83. The van der Waals surface area contributed by atoms with Gasteiger partial charge in [-0.1, -0.05) is 65.2 Å². The van der Waals surface area contributed by atoms with Crippen LogP contribution in [0.5, 0.6) is 0 Å². The maximum Gasteiger partial charge on any atom is 0.238 e. The quantitative estimate of drug-likeness (QED) is 0.499. The van der Waals surface area contributed by atoms with Gasteiger partial charge in [0, 0.05) is 28.1 Å². The van der Waals surface area contributed by atoms with E-state index in [-0.39, 0.29) is 18.2 Å². The van der Waals surface area contributed by atoms with Gasteiger partial charge >= 0.3 is 0 Å². The molecule has 1 fully saturated rings. The zero-order valence-electron chi connectivity index (χ0n) is 17.7. The van der Waals surface area contributed by atoms with Gasteiger partial charge in [-0.2, -0.15) is 0 Å². The molecule has 0 aromatic heterocycles. The number of fused-ring (bicyclic) bond motifs is 2. The second kappa shape index (κ2) is 7.65. The van der Waals surface area contributed by atoms with Crippen molar-refractivity contribution >= 4 is 40.7 Å². The van der Waals surface area contributed by atoms with Gasteiger partial charge in [-0.05, 0) is 60.4 Å². The first-order chi connectivity index (χ1) is 15.3. The Hall–Kier alpha value is -2.82. The summed E-state index contributed by atoms with van der Waals surface area (Å²) in [5.41, 5.74) is 4.35. The predicted molar refractivity (Wildman–Crippen MR) is 127 cm³/mol. The van der Waals surface area contributed by atoms with Crippen molar-refractivity contribution in [1.29, 1.82) is 0 Å². The third-order valence-electron chi connectivity index (χ3n) is 6.75. The molecule has 0 bridgehead atoms. The SMILES string of the molecule is Cc1ccc(C)c([C@@H]2NC(=O)C[C@H](c3cccc(Cl)c3)[C@@]23C(=O)Nc2cc(Cl)ccc23)c1. The lowest BCUT2D eigenvalue weighted by Crippen LogP contribution is -2.57. The Morgan fingerprint density at radius 1 is 0.938 bits per heavy atom. The standard InChI is InChI=1S/C26H22Cl2N2O2/c1-14-6-7-15(2)19(10-14)24-26(20-9-8-18(28)12-22(20)29-25(26)32)21(13-23(31)30-24)16-4-3-5-17(27)11-16/h3-12,21,24H,13H2,1-2H3,(H,29,32)(H,30,31)/t21-,24+,26-/m1/s1. The summed E-state index contributed by atoms with van der Waals surface area (Å²) in [6.07, 6.45) is 0.178. The molecule has 6 heteroatoms. The summed E-state index contributed by atoms with van der Waals surface area (Å²) in [6.45, 7) is 4.02. The van der Waals surface area contributed by atoms with E-state index in [0.717, 1.165) is 27.8 Å². The number of nitrogens with one attached hydrogen (secondary N) is 2. The Morgan fingerprint density at radius 3 is 2.50 bits per heavy atom. The van der Waals surface area contributed by atoms with Crippen LogP contribution in [0.1, 0.15) is 46.2 Å². The van der Waals surface area contributed by atoms with Crippen LogP contribution < -0.4 is 10.6 Å². The molecule has 162 valence electrons. The molecule has 0 saturated carbocycles. The number of piperidine rings is 1. The highest BCUT2D eigenvalue weighted by molar-refractivity contribution is 6.31. The van der Waals surface area contributed by atoms with E-state index in [4.69, 9.17) is 23.2 Å². The van der Waals surface area contributed by atoms with E-state index in [9.17, 15) is 9.59 Å². The molecule has 1 saturated heterocycles. The van der Waals surface area contributed by atoms with Gasteiger partial charge in [0.1, 0.15) is 5.41 Å². The number of anilines is 1. The molecule has 32 heavy (non-hydrogen) atoms. The van der Waals surface area contributed by atoms with Gasteiger partial charge in [-0.15, -0.1) is 0 Å². The van der Waals surface area contributed by atoms with Crippen LogP contribution in [-0.4, -0.2) is 11.8 Å². The minimum absolute atomic E-state index is 0.0956. The molecule has 5 rings (SSSR count). The van der Waals surface area contributed by atoms with Crippen LogP contribution in [0.4, 0.5) is 5.69 Å². The summed E-state index contributed by atoms with van der Waals surface area (Å²) >= 11 is 12.6. The lowest BCUT2D eigenvalue weighted by molar-refractivity contribution is -0.131. The molecule has 1 spiro atoms. The number of carbonyl (C=O) groups excluding carboxylic acids is 2. The van der Waals surface area contributed by atoms with E-state index in [1.807, 2.05) is 50.2 Å². The van der Waals surface area contributed by atoms with Crippen molar-refractivity contribution in [1.82, 2.24) is 5.32 Å². The predicted octanol–water partition coefficient (Wildman–Crippen LogP) is 5.85. The average molecular weight is 465 g/mol. The van der Waals surface area contributed by atoms with Crippen LogP contribution in [0, 0.1) is 13.8 Å². The first kappa shape index (κ1) is 21.0. The second-order valence-corrected chi connectivity index (χ2v) is 9.56. The number of aryl methyl sites for hydroxylation is 2. The maximum atomic E-state index is 13.9. The zero-order valence-corrected chi connectivity index (χ0v) is 19.2. The number of rotatable bonds is 2. The highest BCUT2D eigenvalue weighted by atomic mass is 35.5. The van der Waals surface area contributed by atoms with Crippen molar-refractivity contribution in [2.75, 3.05) is 5.32 Å². The van der Waals surface area contributed by atoms with E-state index < -0.39 is 17.4 Å². The van der Waals surface area contributed by atoms with Gasteiger partial charge in [-0.25, -0.2) is 0 Å². The van der Waals surface area contributed by atoms with Crippen molar-refractivity contribution in [3.8, 4) is 0 Å². The van der Waals surface area contributed by atoms with Crippen LogP contribution in [0.2, 0.25) is 10.0 Å². The molecular formula is C26H22Cl2N2O2. The molecule has 2 aliphatic rings. The van der Waals surface area contributed by atoms with E-state index in [2.05, 4.69) is 16.7 Å². The van der Waals surface area contributed by atoms with Crippen molar-refractivity contribution in [3.05, 3.63) is 98.5 Å². The van der Waals surface area contributed by atoms with Gasteiger partial charge in [0.25, 0.3) is 0 Å². The summed E-state index contributed by atoms with van der Waals surface area (Å²) in [5, 5.41) is 7.34. The van der Waals surface area contributed by atoms with Gasteiger partial charge in [-0.3, -0.25) is 9.59 Å². The minimum Gasteiger partial charge on any atom is -0.348 e. The summed E-state index contributed by atoms with van der Waals surface area (Å²) in [6, 6.07) is 18.5. The van der Waals surface area contributed by atoms with Gasteiger partial charge in [0.2, 0.25) is 11.8 Å². The smallest absolute Gasteiger partial charge is 0.238 e. The molecule has 0 radical (unpaired) electrons. The number of benzene rings is 3. The van der Waals surface area contributed by atoms with Crippen molar-refractivity contribution < 1.29 is 9.59 Å². The fraction of sp³-hybridized carbons (Fsp3) is 0.231. The highest BCUT2D eigenvalue weighted by Gasteiger charge is 2.61. The van der Waals surface area contributed by atoms with Crippen LogP contribution >= 0.6 is 23.2 Å². The van der Waals surface area contributed by atoms with Gasteiger partial charge < -0.3 is 10.6 Å². The largest absolute Gasteiger partial charge is 0.348 e. The maximum absolute atomic E-state index is 13.9.